The zero-order valence-corrected chi connectivity index (χ0v) is 27.9. The van der Waals surface area contributed by atoms with Crippen molar-refractivity contribution in [2.75, 3.05) is 13.7 Å². The molecule has 4 aromatic rings. The van der Waals surface area contributed by atoms with E-state index < -0.39 is 35.0 Å². The van der Waals surface area contributed by atoms with Crippen LogP contribution in [0.15, 0.2) is 81.7 Å². The molecule has 2 heterocycles. The largest absolute Gasteiger partial charge is 0.493 e. The molecule has 0 bridgehead atoms. The third-order valence-electron chi connectivity index (χ3n) is 6.61. The molecule has 1 aliphatic rings. The van der Waals surface area contributed by atoms with Crippen molar-refractivity contribution in [3.63, 3.8) is 0 Å². The Morgan fingerprint density at radius 1 is 1.11 bits per heavy atom. The molecule has 3 aromatic carbocycles. The van der Waals surface area contributed by atoms with E-state index in [1.807, 2.05) is 6.07 Å². The Hall–Kier alpha value is -3.33. The fourth-order valence-electron chi connectivity index (χ4n) is 4.73. The molecule has 7 nitrogen and oxygen atoms in total. The van der Waals surface area contributed by atoms with Crippen LogP contribution in [0.1, 0.15) is 29.7 Å². The lowest BCUT2D eigenvalue weighted by atomic mass is 9.95. The van der Waals surface area contributed by atoms with Crippen LogP contribution in [-0.2, 0) is 16.1 Å². The number of halogens is 6. The van der Waals surface area contributed by atoms with Gasteiger partial charge in [-0.3, -0.25) is 9.36 Å². The van der Waals surface area contributed by atoms with E-state index in [0.717, 1.165) is 25.0 Å². The second-order valence-corrected chi connectivity index (χ2v) is 12.7. The molecule has 0 unspecified atom stereocenters. The van der Waals surface area contributed by atoms with Crippen LogP contribution in [0.4, 0.5) is 13.2 Å². The summed E-state index contributed by atoms with van der Waals surface area (Å²) >= 11 is 15.0. The minimum absolute atomic E-state index is 0.0519. The normalized spacial score (nSPS) is 15.0. The topological polar surface area (TPSA) is 79.1 Å². The van der Waals surface area contributed by atoms with Crippen LogP contribution < -0.4 is 24.4 Å². The Morgan fingerprint density at radius 2 is 1.84 bits per heavy atom. The number of ether oxygens (including phenoxy) is 3. The maximum Gasteiger partial charge on any atom is 0.434 e. The SMILES string of the molecule is CCOC(=O)C1=C(C(F)(F)F)N=c2s/c(=C\c3cc(I)cc(OC)c3OCc3cccc(Cl)c3)c(=O)n2[C@@H]1c1ccc(Cl)cc1. The summed E-state index contributed by atoms with van der Waals surface area (Å²) in [5.74, 6) is -0.547. The molecule has 0 fully saturated rings. The van der Waals surface area contributed by atoms with Crippen molar-refractivity contribution in [1.82, 2.24) is 4.57 Å². The van der Waals surface area contributed by atoms with Crippen LogP contribution in [-0.4, -0.2) is 30.4 Å². The summed E-state index contributed by atoms with van der Waals surface area (Å²) in [6.07, 6.45) is -3.52. The Bertz CT molecular complexity index is 1990. The Labute approximate surface area is 282 Å². The maximum absolute atomic E-state index is 14.4. The molecule has 1 atom stereocenters. The Kier molecular flexibility index (Phi) is 9.97. The van der Waals surface area contributed by atoms with E-state index in [1.54, 1.807) is 30.3 Å². The Balaban J connectivity index is 1.73. The van der Waals surface area contributed by atoms with Gasteiger partial charge < -0.3 is 14.2 Å². The van der Waals surface area contributed by atoms with Gasteiger partial charge in [-0.15, -0.1) is 0 Å². The first-order valence-electron chi connectivity index (χ1n) is 13.2. The van der Waals surface area contributed by atoms with Gasteiger partial charge in [-0.25, -0.2) is 9.79 Å². The summed E-state index contributed by atoms with van der Waals surface area (Å²) in [7, 11) is 1.47. The molecule has 0 saturated heterocycles. The second kappa shape index (κ2) is 13.6. The quantitative estimate of drug-likeness (QED) is 0.145. The highest BCUT2D eigenvalue weighted by molar-refractivity contribution is 14.1. The highest BCUT2D eigenvalue weighted by Crippen LogP contribution is 2.39. The first-order valence-corrected chi connectivity index (χ1v) is 15.9. The number of esters is 1. The fraction of sp³-hybridized carbons (Fsp3) is 0.194. The van der Waals surface area contributed by atoms with Crippen molar-refractivity contribution in [3.8, 4) is 11.5 Å². The lowest BCUT2D eigenvalue weighted by molar-refractivity contribution is -0.140. The number of aromatic nitrogens is 1. The molecule has 5 rings (SSSR count). The van der Waals surface area contributed by atoms with Crippen molar-refractivity contribution in [1.29, 1.82) is 0 Å². The summed E-state index contributed by atoms with van der Waals surface area (Å²) in [5, 5.41) is 0.851. The van der Waals surface area contributed by atoms with Gasteiger partial charge in [0.25, 0.3) is 5.56 Å². The van der Waals surface area contributed by atoms with Gasteiger partial charge in [0.1, 0.15) is 6.61 Å². The highest BCUT2D eigenvalue weighted by Gasteiger charge is 2.45. The van der Waals surface area contributed by atoms with E-state index in [4.69, 9.17) is 37.4 Å². The molecular formula is C31H22Cl2F3IN2O5S. The molecule has 14 heteroatoms. The van der Waals surface area contributed by atoms with Crippen molar-refractivity contribution in [2.24, 2.45) is 4.99 Å². The number of nitrogens with zero attached hydrogens (tertiary/aromatic N) is 2. The molecule has 0 radical (unpaired) electrons. The molecule has 45 heavy (non-hydrogen) atoms. The van der Waals surface area contributed by atoms with Crippen LogP contribution in [0.3, 0.4) is 0 Å². The fourth-order valence-corrected chi connectivity index (χ4v) is 6.68. The van der Waals surface area contributed by atoms with Gasteiger partial charge in [-0.1, -0.05) is 58.8 Å². The molecule has 234 valence electrons. The lowest BCUT2D eigenvalue weighted by Gasteiger charge is -2.26. The van der Waals surface area contributed by atoms with Gasteiger partial charge in [-0.05, 0) is 83.1 Å². The molecule has 1 aliphatic heterocycles. The van der Waals surface area contributed by atoms with Gasteiger partial charge in [0.05, 0.1) is 29.9 Å². The van der Waals surface area contributed by atoms with Gasteiger partial charge >= 0.3 is 12.1 Å². The smallest absolute Gasteiger partial charge is 0.434 e. The summed E-state index contributed by atoms with van der Waals surface area (Å²) in [4.78, 5) is 30.6. The van der Waals surface area contributed by atoms with Crippen LogP contribution in [0.25, 0.3) is 6.08 Å². The minimum atomic E-state index is -5.02. The van der Waals surface area contributed by atoms with Crippen LogP contribution in [0.5, 0.6) is 11.5 Å². The molecule has 0 aliphatic carbocycles. The monoisotopic (exact) mass is 788 g/mol. The predicted octanol–water partition coefficient (Wildman–Crippen LogP) is 6.84. The van der Waals surface area contributed by atoms with E-state index in [-0.39, 0.29) is 28.1 Å². The number of hydrogen-bond acceptors (Lipinski definition) is 7. The van der Waals surface area contributed by atoms with Crippen molar-refractivity contribution >= 4 is 69.2 Å². The van der Waals surface area contributed by atoms with Gasteiger partial charge in [0.15, 0.2) is 22.0 Å². The summed E-state index contributed by atoms with van der Waals surface area (Å²) < 4.78 is 61.8. The number of carbonyl (C=O) groups excluding carboxylic acids is 1. The van der Waals surface area contributed by atoms with E-state index in [2.05, 4.69) is 27.6 Å². The standard InChI is InChI=1S/C31H22Cl2F3IN2O5S/c1-3-43-29(41)24-25(17-7-9-19(32)10-8-17)39-28(40)23(45-30(39)38-27(24)31(34,35)36)13-18-12-21(37)14-22(42-2)26(18)44-15-16-5-4-6-20(33)11-16/h4-14,25H,3,15H2,1-2H3/b23-13-/t25-/m1/s1. The van der Waals surface area contributed by atoms with Crippen LogP contribution in [0.2, 0.25) is 10.0 Å². The zero-order valence-electron chi connectivity index (χ0n) is 23.5. The predicted molar refractivity (Wildman–Crippen MR) is 174 cm³/mol. The maximum atomic E-state index is 14.4. The van der Waals surface area contributed by atoms with Gasteiger partial charge in [0.2, 0.25) is 0 Å². The lowest BCUT2D eigenvalue weighted by Crippen LogP contribution is -2.41. The van der Waals surface area contributed by atoms with Crippen molar-refractivity contribution in [2.45, 2.75) is 25.7 Å². The number of methoxy groups -OCH3 is 1. The van der Waals surface area contributed by atoms with Crippen LogP contribution in [0, 0.1) is 3.57 Å². The zero-order chi connectivity index (χ0) is 32.5. The second-order valence-electron chi connectivity index (χ2n) is 9.56. The highest BCUT2D eigenvalue weighted by atomic mass is 127. The number of allylic oxidation sites excluding steroid dienone is 1. The van der Waals surface area contributed by atoms with E-state index >= 15 is 0 Å². The average molecular weight is 789 g/mol. The van der Waals surface area contributed by atoms with E-state index in [0.29, 0.717) is 27.1 Å². The molecule has 0 amide bonds. The first kappa shape index (κ1) is 33.0. The molecule has 0 spiro atoms. The number of carbonyl (C=O) groups is 1. The molecule has 0 saturated carbocycles. The molecule has 1 aromatic heterocycles. The number of fused-ring (bicyclic) bond motifs is 1. The third kappa shape index (κ3) is 7.08. The van der Waals surface area contributed by atoms with Crippen molar-refractivity contribution in [3.05, 3.63) is 122 Å². The summed E-state index contributed by atoms with van der Waals surface area (Å²) in [5.41, 5.74) is -1.46. The number of rotatable bonds is 8. The number of thiazole rings is 1. The number of benzene rings is 3. The Morgan fingerprint density at radius 3 is 2.49 bits per heavy atom. The first-order chi connectivity index (χ1) is 21.4. The number of hydrogen-bond donors (Lipinski definition) is 0. The van der Waals surface area contributed by atoms with Gasteiger partial charge in [0, 0.05) is 19.2 Å². The minimum Gasteiger partial charge on any atom is -0.493 e. The van der Waals surface area contributed by atoms with Crippen molar-refractivity contribution < 1.29 is 32.2 Å². The van der Waals surface area contributed by atoms with E-state index in [9.17, 15) is 22.8 Å². The summed E-state index contributed by atoms with van der Waals surface area (Å²) in [6.45, 7) is 1.41. The van der Waals surface area contributed by atoms with Gasteiger partial charge in [-0.2, -0.15) is 13.2 Å². The average Bonchev–Trinajstić information content (AvgIpc) is 3.30. The third-order valence-corrected chi connectivity index (χ3v) is 8.70. The summed E-state index contributed by atoms with van der Waals surface area (Å²) in [6, 6.07) is 14.9. The van der Waals surface area contributed by atoms with E-state index in [1.165, 1.54) is 44.4 Å². The molecular weight excluding hydrogens is 767 g/mol. The van der Waals surface area contributed by atoms with Crippen LogP contribution >= 0.6 is 57.1 Å². The number of alkyl halides is 3. The molecule has 0 N–H and O–H groups in total.